The van der Waals surface area contributed by atoms with Crippen LogP contribution in [0.15, 0.2) is 12.4 Å². The summed E-state index contributed by atoms with van der Waals surface area (Å²) in [4.78, 5) is 11.1. The first-order valence-corrected chi connectivity index (χ1v) is 7.64. The molecule has 1 N–H and O–H groups in total. The minimum Gasteiger partial charge on any atom is -0.475 e. The van der Waals surface area contributed by atoms with Crippen molar-refractivity contribution in [3.05, 3.63) is 12.4 Å². The van der Waals surface area contributed by atoms with Crippen molar-refractivity contribution in [1.29, 1.82) is 0 Å². The van der Waals surface area contributed by atoms with Crippen LogP contribution in [0.1, 0.15) is 32.6 Å². The molecule has 1 aliphatic heterocycles. The highest BCUT2D eigenvalue weighted by atomic mass is 16.5. The van der Waals surface area contributed by atoms with E-state index in [1.54, 1.807) is 12.4 Å². The maximum absolute atomic E-state index is 9.81. The molecule has 1 aromatic heterocycles. The van der Waals surface area contributed by atoms with Gasteiger partial charge in [0.05, 0.1) is 12.7 Å². The summed E-state index contributed by atoms with van der Waals surface area (Å²) >= 11 is 0. The van der Waals surface area contributed by atoms with Gasteiger partial charge in [-0.15, -0.1) is 0 Å². The Morgan fingerprint density at radius 2 is 2.05 bits per heavy atom. The minimum atomic E-state index is -0.117. The highest BCUT2D eigenvalue weighted by Gasteiger charge is 2.38. The third kappa shape index (κ3) is 2.73. The second-order valence-corrected chi connectivity index (χ2v) is 5.93. The highest BCUT2D eigenvalue weighted by molar-refractivity contribution is 5.49. The molecule has 1 saturated carbocycles. The molecular weight excluding hydrogens is 254 g/mol. The number of anilines is 1. The Hall–Kier alpha value is -1.36. The first-order valence-electron chi connectivity index (χ1n) is 7.64. The van der Waals surface area contributed by atoms with Gasteiger partial charge >= 0.3 is 0 Å². The number of aromatic nitrogens is 2. The topological polar surface area (TPSA) is 58.5 Å². The van der Waals surface area contributed by atoms with Gasteiger partial charge in [-0.3, -0.25) is 0 Å². The molecule has 3 atom stereocenters. The monoisotopic (exact) mass is 277 g/mol. The van der Waals surface area contributed by atoms with Gasteiger partial charge in [0.15, 0.2) is 5.82 Å². The summed E-state index contributed by atoms with van der Waals surface area (Å²) < 4.78 is 5.71. The van der Waals surface area contributed by atoms with Gasteiger partial charge in [-0.25, -0.2) is 9.97 Å². The van der Waals surface area contributed by atoms with Gasteiger partial charge in [0.25, 0.3) is 5.88 Å². The van der Waals surface area contributed by atoms with Crippen molar-refractivity contribution in [2.24, 2.45) is 11.8 Å². The van der Waals surface area contributed by atoms with Gasteiger partial charge < -0.3 is 14.7 Å². The number of rotatable bonds is 4. The molecule has 20 heavy (non-hydrogen) atoms. The third-order valence-corrected chi connectivity index (χ3v) is 4.41. The van der Waals surface area contributed by atoms with E-state index in [-0.39, 0.29) is 6.10 Å². The number of aliphatic hydroxyl groups is 1. The molecule has 5 heteroatoms. The van der Waals surface area contributed by atoms with Crippen LogP contribution in [0.3, 0.4) is 0 Å². The lowest BCUT2D eigenvalue weighted by Gasteiger charge is -2.27. The van der Waals surface area contributed by atoms with Gasteiger partial charge in [0.2, 0.25) is 0 Å². The van der Waals surface area contributed by atoms with Crippen LogP contribution in [-0.4, -0.2) is 40.9 Å². The zero-order valence-corrected chi connectivity index (χ0v) is 12.0. The smallest absolute Gasteiger partial charge is 0.257 e. The molecule has 0 spiro atoms. The second-order valence-electron chi connectivity index (χ2n) is 5.93. The van der Waals surface area contributed by atoms with E-state index in [1.807, 2.05) is 0 Å². The molecule has 0 unspecified atom stereocenters. The van der Waals surface area contributed by atoms with Gasteiger partial charge in [0.1, 0.15) is 0 Å². The number of nitrogens with zero attached hydrogens (tertiary/aromatic N) is 3. The van der Waals surface area contributed by atoms with Gasteiger partial charge in [-0.1, -0.05) is 6.92 Å². The van der Waals surface area contributed by atoms with E-state index in [0.717, 1.165) is 44.6 Å². The fourth-order valence-corrected chi connectivity index (χ4v) is 3.41. The number of fused-ring (bicyclic) bond motifs is 1. The molecule has 5 nitrogen and oxygen atoms in total. The average molecular weight is 277 g/mol. The zero-order chi connectivity index (χ0) is 13.9. The molecule has 0 amide bonds. The first-order chi connectivity index (χ1) is 9.78. The molecule has 3 rings (SSSR count). The summed E-state index contributed by atoms with van der Waals surface area (Å²) in [5, 5.41) is 9.81. The van der Waals surface area contributed by atoms with Crippen LogP contribution in [0.5, 0.6) is 5.88 Å². The lowest BCUT2D eigenvalue weighted by atomic mass is 9.80. The van der Waals surface area contributed by atoms with E-state index < -0.39 is 0 Å². The SMILES string of the molecule is CCCOc1nccnc1N1C[C@H]2C[C@@H](O)CC[C@H]2C1. The van der Waals surface area contributed by atoms with E-state index in [2.05, 4.69) is 21.8 Å². The predicted molar refractivity (Wildman–Crippen MR) is 76.9 cm³/mol. The van der Waals surface area contributed by atoms with E-state index in [9.17, 15) is 5.11 Å². The van der Waals surface area contributed by atoms with Crippen LogP contribution >= 0.6 is 0 Å². The Balaban J connectivity index is 1.74. The molecule has 0 aromatic carbocycles. The van der Waals surface area contributed by atoms with Crippen molar-refractivity contribution in [3.8, 4) is 5.88 Å². The molecular formula is C15H23N3O2. The number of aliphatic hydroxyl groups excluding tert-OH is 1. The van der Waals surface area contributed by atoms with Gasteiger partial charge in [0, 0.05) is 25.5 Å². The molecule has 1 aromatic rings. The summed E-state index contributed by atoms with van der Waals surface area (Å²) in [6, 6.07) is 0. The average Bonchev–Trinajstić information content (AvgIpc) is 2.88. The van der Waals surface area contributed by atoms with Crippen LogP contribution < -0.4 is 9.64 Å². The van der Waals surface area contributed by atoms with Crippen molar-refractivity contribution in [1.82, 2.24) is 9.97 Å². The molecule has 1 saturated heterocycles. The Bertz CT molecular complexity index is 454. The second kappa shape index (κ2) is 5.95. The quantitative estimate of drug-likeness (QED) is 0.910. The molecule has 0 radical (unpaired) electrons. The molecule has 2 aliphatic rings. The largest absolute Gasteiger partial charge is 0.475 e. The van der Waals surface area contributed by atoms with E-state index >= 15 is 0 Å². The Morgan fingerprint density at radius 3 is 2.90 bits per heavy atom. The number of ether oxygens (including phenoxy) is 1. The summed E-state index contributed by atoms with van der Waals surface area (Å²) in [6.45, 7) is 4.73. The van der Waals surface area contributed by atoms with Crippen LogP contribution in [0.2, 0.25) is 0 Å². The predicted octanol–water partition coefficient (Wildman–Crippen LogP) is 1.86. The van der Waals surface area contributed by atoms with Crippen LogP contribution in [0.4, 0.5) is 5.82 Å². The van der Waals surface area contributed by atoms with E-state index in [4.69, 9.17) is 4.74 Å². The molecule has 0 bridgehead atoms. The molecule has 2 fully saturated rings. The molecule has 110 valence electrons. The zero-order valence-electron chi connectivity index (χ0n) is 12.0. The Kier molecular flexibility index (Phi) is 4.05. The van der Waals surface area contributed by atoms with Crippen LogP contribution in [-0.2, 0) is 0 Å². The third-order valence-electron chi connectivity index (χ3n) is 4.41. The van der Waals surface area contributed by atoms with Crippen molar-refractivity contribution in [3.63, 3.8) is 0 Å². The van der Waals surface area contributed by atoms with E-state index in [0.29, 0.717) is 24.3 Å². The highest BCUT2D eigenvalue weighted by Crippen LogP contribution is 2.39. The van der Waals surface area contributed by atoms with Crippen molar-refractivity contribution < 1.29 is 9.84 Å². The standard InChI is InChI=1S/C15H23N3O2/c1-2-7-20-15-14(16-5-6-17-15)18-9-11-3-4-13(19)8-12(11)10-18/h5-6,11-13,19H,2-4,7-10H2,1H3/t11-,12+,13-/m0/s1. The van der Waals surface area contributed by atoms with Crippen molar-refractivity contribution in [2.75, 3.05) is 24.6 Å². The van der Waals surface area contributed by atoms with Crippen LogP contribution in [0.25, 0.3) is 0 Å². The minimum absolute atomic E-state index is 0.117. The summed E-state index contributed by atoms with van der Waals surface area (Å²) in [5.74, 6) is 2.78. The summed E-state index contributed by atoms with van der Waals surface area (Å²) in [7, 11) is 0. The summed E-state index contributed by atoms with van der Waals surface area (Å²) in [6.07, 6.45) is 7.24. The fraction of sp³-hybridized carbons (Fsp3) is 0.733. The normalized spacial score (nSPS) is 29.3. The maximum Gasteiger partial charge on any atom is 0.257 e. The molecule has 2 heterocycles. The molecule has 1 aliphatic carbocycles. The van der Waals surface area contributed by atoms with Crippen LogP contribution in [0, 0.1) is 11.8 Å². The maximum atomic E-state index is 9.81. The van der Waals surface area contributed by atoms with E-state index in [1.165, 1.54) is 0 Å². The number of hydrogen-bond donors (Lipinski definition) is 1. The van der Waals surface area contributed by atoms with Crippen molar-refractivity contribution in [2.45, 2.75) is 38.7 Å². The Labute approximate surface area is 120 Å². The Morgan fingerprint density at radius 1 is 1.25 bits per heavy atom. The number of hydrogen-bond acceptors (Lipinski definition) is 5. The van der Waals surface area contributed by atoms with Gasteiger partial charge in [-0.05, 0) is 37.5 Å². The van der Waals surface area contributed by atoms with Gasteiger partial charge in [-0.2, -0.15) is 0 Å². The van der Waals surface area contributed by atoms with Crippen molar-refractivity contribution >= 4 is 5.82 Å². The lowest BCUT2D eigenvalue weighted by molar-refractivity contribution is 0.0867. The first kappa shape index (κ1) is 13.6. The lowest BCUT2D eigenvalue weighted by Crippen LogP contribution is -2.26. The fourth-order valence-electron chi connectivity index (χ4n) is 3.41. The summed E-state index contributed by atoms with van der Waals surface area (Å²) in [5.41, 5.74) is 0.